The van der Waals surface area contributed by atoms with E-state index in [1.165, 1.54) is 12.1 Å². The van der Waals surface area contributed by atoms with Gasteiger partial charge in [-0.2, -0.15) is 0 Å². The maximum Gasteiger partial charge on any atom is 0.145 e. The van der Waals surface area contributed by atoms with Crippen LogP contribution in [0.5, 0.6) is 5.75 Å². The van der Waals surface area contributed by atoms with Crippen molar-refractivity contribution in [3.05, 3.63) is 24.0 Å². The molecule has 0 saturated heterocycles. The van der Waals surface area contributed by atoms with Crippen molar-refractivity contribution >= 4 is 5.69 Å². The Kier molecular flexibility index (Phi) is 2.57. The van der Waals surface area contributed by atoms with E-state index in [-0.39, 0.29) is 5.82 Å². The number of hydrogen-bond acceptors (Lipinski definition) is 2. The van der Waals surface area contributed by atoms with Crippen LogP contribution in [0.25, 0.3) is 0 Å². The van der Waals surface area contributed by atoms with E-state index in [0.29, 0.717) is 12.4 Å². The van der Waals surface area contributed by atoms with Gasteiger partial charge < -0.3 is 9.64 Å². The van der Waals surface area contributed by atoms with E-state index in [1.54, 1.807) is 6.07 Å². The van der Waals surface area contributed by atoms with Crippen molar-refractivity contribution in [2.24, 2.45) is 0 Å². The predicted molar refractivity (Wildman–Crippen MR) is 54.4 cm³/mol. The summed E-state index contributed by atoms with van der Waals surface area (Å²) in [4.78, 5) is 2.23. The van der Waals surface area contributed by atoms with Crippen LogP contribution in [0.3, 0.4) is 0 Å². The van der Waals surface area contributed by atoms with Crippen LogP contribution in [0.2, 0.25) is 0 Å². The van der Waals surface area contributed by atoms with Crippen LogP contribution in [0.15, 0.2) is 18.2 Å². The topological polar surface area (TPSA) is 12.5 Å². The van der Waals surface area contributed by atoms with Crippen LogP contribution in [0.4, 0.5) is 10.1 Å². The first-order valence-electron chi connectivity index (χ1n) is 4.98. The third kappa shape index (κ3) is 1.67. The molecule has 1 aliphatic heterocycles. The number of halogens is 1. The zero-order valence-corrected chi connectivity index (χ0v) is 8.29. The van der Waals surface area contributed by atoms with Gasteiger partial charge in [-0.1, -0.05) is 6.92 Å². The third-order valence-corrected chi connectivity index (χ3v) is 2.37. The fourth-order valence-corrected chi connectivity index (χ4v) is 1.75. The van der Waals surface area contributed by atoms with Gasteiger partial charge in [0.2, 0.25) is 0 Å². The summed E-state index contributed by atoms with van der Waals surface area (Å²) in [6.07, 6.45) is 1.09. The molecule has 76 valence electrons. The number of ether oxygens (including phenoxy) is 1. The number of hydrogen-bond donors (Lipinski definition) is 0. The smallest absolute Gasteiger partial charge is 0.145 e. The van der Waals surface area contributed by atoms with Crippen molar-refractivity contribution in [1.29, 1.82) is 0 Å². The maximum absolute atomic E-state index is 12.9. The summed E-state index contributed by atoms with van der Waals surface area (Å²) in [5, 5.41) is 0. The summed E-state index contributed by atoms with van der Waals surface area (Å²) in [7, 11) is 0. The molecule has 2 rings (SSSR count). The van der Waals surface area contributed by atoms with Crippen LogP contribution in [0.1, 0.15) is 13.3 Å². The molecule has 0 spiro atoms. The minimum atomic E-state index is -0.234. The Morgan fingerprint density at radius 1 is 1.50 bits per heavy atom. The van der Waals surface area contributed by atoms with E-state index < -0.39 is 0 Å². The summed E-state index contributed by atoms with van der Waals surface area (Å²) >= 11 is 0. The molecule has 0 N–H and O–H groups in total. The summed E-state index contributed by atoms with van der Waals surface area (Å²) in [5.74, 6) is 0.437. The van der Waals surface area contributed by atoms with E-state index in [9.17, 15) is 4.39 Å². The highest BCUT2D eigenvalue weighted by Crippen LogP contribution is 2.31. The van der Waals surface area contributed by atoms with Crippen LogP contribution < -0.4 is 9.64 Å². The van der Waals surface area contributed by atoms with Gasteiger partial charge in [-0.25, -0.2) is 4.39 Å². The first-order chi connectivity index (χ1) is 6.81. The Labute approximate surface area is 83.3 Å². The first-order valence-corrected chi connectivity index (χ1v) is 4.98. The second kappa shape index (κ2) is 3.86. The highest BCUT2D eigenvalue weighted by molar-refractivity contribution is 5.59. The van der Waals surface area contributed by atoms with E-state index in [2.05, 4.69) is 11.8 Å². The number of fused-ring (bicyclic) bond motifs is 1. The molecule has 1 aromatic rings. The van der Waals surface area contributed by atoms with E-state index in [1.807, 2.05) is 0 Å². The van der Waals surface area contributed by atoms with Gasteiger partial charge in [-0.05, 0) is 18.6 Å². The number of benzene rings is 1. The predicted octanol–water partition coefficient (Wildman–Crippen LogP) is 2.43. The van der Waals surface area contributed by atoms with Gasteiger partial charge in [-0.3, -0.25) is 0 Å². The molecule has 1 heterocycles. The number of anilines is 1. The van der Waals surface area contributed by atoms with E-state index >= 15 is 0 Å². The van der Waals surface area contributed by atoms with Gasteiger partial charge in [0.05, 0.1) is 12.2 Å². The molecule has 0 amide bonds. The Bertz CT molecular complexity index is 327. The minimum absolute atomic E-state index is 0.234. The number of rotatable bonds is 2. The van der Waals surface area contributed by atoms with Gasteiger partial charge in [-0.15, -0.1) is 0 Å². The lowest BCUT2D eigenvalue weighted by atomic mass is 10.2. The second-order valence-corrected chi connectivity index (χ2v) is 3.45. The van der Waals surface area contributed by atoms with Gasteiger partial charge in [0.1, 0.15) is 18.2 Å². The summed E-state index contributed by atoms with van der Waals surface area (Å²) in [6, 6.07) is 4.73. The molecule has 1 aromatic carbocycles. The molecule has 0 atom stereocenters. The van der Waals surface area contributed by atoms with Gasteiger partial charge in [0.15, 0.2) is 0 Å². The quantitative estimate of drug-likeness (QED) is 0.718. The molecule has 0 radical (unpaired) electrons. The first kappa shape index (κ1) is 9.31. The van der Waals surface area contributed by atoms with Crippen molar-refractivity contribution in [2.45, 2.75) is 13.3 Å². The van der Waals surface area contributed by atoms with Gasteiger partial charge in [0.25, 0.3) is 0 Å². The van der Waals surface area contributed by atoms with Gasteiger partial charge in [0, 0.05) is 12.6 Å². The summed E-state index contributed by atoms with van der Waals surface area (Å²) < 4.78 is 18.3. The lowest BCUT2D eigenvalue weighted by Crippen LogP contribution is -2.33. The van der Waals surface area contributed by atoms with E-state index in [0.717, 1.165) is 25.2 Å². The molecule has 14 heavy (non-hydrogen) atoms. The lowest BCUT2D eigenvalue weighted by Gasteiger charge is -2.30. The van der Waals surface area contributed by atoms with Crippen LogP contribution >= 0.6 is 0 Å². The Balaban J connectivity index is 2.30. The summed E-state index contributed by atoms with van der Waals surface area (Å²) in [5.41, 5.74) is 1.01. The molecule has 0 saturated carbocycles. The molecule has 0 aliphatic carbocycles. The lowest BCUT2D eigenvalue weighted by molar-refractivity contribution is 0.306. The number of nitrogens with zero attached hydrogens (tertiary/aromatic N) is 1. The fourth-order valence-electron chi connectivity index (χ4n) is 1.75. The van der Waals surface area contributed by atoms with Crippen LogP contribution in [-0.2, 0) is 0 Å². The van der Waals surface area contributed by atoms with Gasteiger partial charge >= 0.3 is 0 Å². The zero-order valence-electron chi connectivity index (χ0n) is 8.29. The van der Waals surface area contributed by atoms with Crippen LogP contribution in [0, 0.1) is 5.82 Å². The largest absolute Gasteiger partial charge is 0.489 e. The Morgan fingerprint density at radius 3 is 3.14 bits per heavy atom. The highest BCUT2D eigenvalue weighted by atomic mass is 19.1. The molecule has 2 nitrogen and oxygen atoms in total. The third-order valence-electron chi connectivity index (χ3n) is 2.37. The molecular weight excluding hydrogens is 181 g/mol. The average Bonchev–Trinajstić information content (AvgIpc) is 2.18. The monoisotopic (exact) mass is 195 g/mol. The summed E-state index contributed by atoms with van der Waals surface area (Å²) in [6.45, 7) is 4.68. The Hall–Kier alpha value is -1.25. The zero-order chi connectivity index (χ0) is 9.97. The minimum Gasteiger partial charge on any atom is -0.489 e. The highest BCUT2D eigenvalue weighted by Gasteiger charge is 2.17. The van der Waals surface area contributed by atoms with Crippen LogP contribution in [-0.4, -0.2) is 19.7 Å². The van der Waals surface area contributed by atoms with E-state index in [4.69, 9.17) is 4.74 Å². The van der Waals surface area contributed by atoms with Crippen molar-refractivity contribution in [2.75, 3.05) is 24.6 Å². The Morgan fingerprint density at radius 2 is 2.36 bits per heavy atom. The van der Waals surface area contributed by atoms with Crippen molar-refractivity contribution in [3.63, 3.8) is 0 Å². The molecule has 1 aliphatic rings. The van der Waals surface area contributed by atoms with Crippen molar-refractivity contribution in [3.8, 4) is 5.75 Å². The van der Waals surface area contributed by atoms with Crippen molar-refractivity contribution < 1.29 is 9.13 Å². The second-order valence-electron chi connectivity index (χ2n) is 3.45. The average molecular weight is 195 g/mol. The molecule has 0 unspecified atom stereocenters. The molecule has 3 heteroatoms. The molecule has 0 aromatic heterocycles. The SMILES string of the molecule is CCCN1CCOc2cc(F)ccc21. The molecular formula is C11H14FNO. The normalized spacial score (nSPS) is 14.9. The molecule has 0 fully saturated rings. The molecule has 0 bridgehead atoms. The maximum atomic E-state index is 12.9. The van der Waals surface area contributed by atoms with Crippen molar-refractivity contribution in [1.82, 2.24) is 0 Å². The standard InChI is InChI=1S/C11H14FNO/c1-2-5-13-6-7-14-11-8-9(12)3-4-10(11)13/h3-4,8H,2,5-7H2,1H3. The fraction of sp³-hybridized carbons (Fsp3) is 0.455.